The second-order valence-corrected chi connectivity index (χ2v) is 8.70. The molecule has 1 aliphatic heterocycles. The van der Waals surface area contributed by atoms with Crippen molar-refractivity contribution in [3.63, 3.8) is 0 Å². The van der Waals surface area contributed by atoms with E-state index in [4.69, 9.17) is 11.6 Å². The van der Waals surface area contributed by atoms with E-state index in [1.54, 1.807) is 6.07 Å². The average molecular weight is 434 g/mol. The number of thioether (sulfide) groups is 1. The van der Waals surface area contributed by atoms with Crippen molar-refractivity contribution >= 4 is 40.8 Å². The Morgan fingerprint density at radius 3 is 2.23 bits per heavy atom. The standard InChI is InChI=1S/C25H20ClNO2S/c1-16-12-13-18(14-17(16)2)22-23(30-20-9-4-3-5-10-20)25(29)27(24(22)28)15-19-8-6-7-11-21(19)26/h3-14H,15H2,1-2H3. The Labute approximate surface area is 185 Å². The number of rotatable bonds is 5. The van der Waals surface area contributed by atoms with Gasteiger partial charge in [-0.3, -0.25) is 14.5 Å². The number of hydrogen-bond donors (Lipinski definition) is 0. The number of aryl methyl sites for hydroxylation is 2. The monoisotopic (exact) mass is 433 g/mol. The van der Waals surface area contributed by atoms with Crippen molar-refractivity contribution in [3.05, 3.63) is 105 Å². The lowest BCUT2D eigenvalue weighted by Crippen LogP contribution is -2.31. The van der Waals surface area contributed by atoms with Gasteiger partial charge in [-0.25, -0.2) is 0 Å². The maximum absolute atomic E-state index is 13.4. The Morgan fingerprint density at radius 1 is 0.833 bits per heavy atom. The molecule has 3 nitrogen and oxygen atoms in total. The van der Waals surface area contributed by atoms with Crippen molar-refractivity contribution in [1.29, 1.82) is 0 Å². The number of carbonyl (C=O) groups excluding carboxylic acids is 2. The van der Waals surface area contributed by atoms with Crippen molar-refractivity contribution in [2.45, 2.75) is 25.3 Å². The first-order valence-corrected chi connectivity index (χ1v) is 10.8. The third-order valence-electron chi connectivity index (χ3n) is 5.17. The van der Waals surface area contributed by atoms with E-state index >= 15 is 0 Å². The van der Waals surface area contributed by atoms with Crippen LogP contribution in [-0.2, 0) is 16.1 Å². The first kappa shape index (κ1) is 20.5. The van der Waals surface area contributed by atoms with E-state index in [0.29, 0.717) is 15.5 Å². The maximum atomic E-state index is 13.4. The van der Waals surface area contributed by atoms with Crippen LogP contribution in [0.5, 0.6) is 0 Å². The van der Waals surface area contributed by atoms with Crippen LogP contribution in [0.2, 0.25) is 5.02 Å². The lowest BCUT2D eigenvalue weighted by Gasteiger charge is -2.16. The van der Waals surface area contributed by atoms with Gasteiger partial charge in [-0.15, -0.1) is 0 Å². The molecule has 30 heavy (non-hydrogen) atoms. The Morgan fingerprint density at radius 2 is 1.53 bits per heavy atom. The van der Waals surface area contributed by atoms with Gasteiger partial charge in [0.15, 0.2) is 0 Å². The summed E-state index contributed by atoms with van der Waals surface area (Å²) in [6, 6.07) is 22.8. The second kappa shape index (κ2) is 8.50. The van der Waals surface area contributed by atoms with Crippen molar-refractivity contribution in [2.24, 2.45) is 0 Å². The SMILES string of the molecule is Cc1ccc(C2=C(Sc3ccccc3)C(=O)N(Cc3ccccc3Cl)C2=O)cc1C. The third kappa shape index (κ3) is 3.93. The molecule has 0 saturated heterocycles. The molecule has 5 heteroatoms. The molecule has 0 atom stereocenters. The highest BCUT2D eigenvalue weighted by molar-refractivity contribution is 8.04. The van der Waals surface area contributed by atoms with E-state index in [-0.39, 0.29) is 18.4 Å². The number of nitrogens with zero attached hydrogens (tertiary/aromatic N) is 1. The zero-order valence-electron chi connectivity index (χ0n) is 16.7. The van der Waals surface area contributed by atoms with Gasteiger partial charge in [-0.1, -0.05) is 78.0 Å². The molecule has 3 aromatic rings. The summed E-state index contributed by atoms with van der Waals surface area (Å²) in [5.41, 5.74) is 4.17. The average Bonchev–Trinajstić information content (AvgIpc) is 2.97. The Bertz CT molecular complexity index is 1170. The minimum atomic E-state index is -0.290. The topological polar surface area (TPSA) is 37.4 Å². The zero-order chi connectivity index (χ0) is 21.3. The van der Waals surface area contributed by atoms with Gasteiger partial charge in [0.2, 0.25) is 0 Å². The number of carbonyl (C=O) groups is 2. The van der Waals surface area contributed by atoms with Crippen LogP contribution in [0.4, 0.5) is 0 Å². The van der Waals surface area contributed by atoms with Gasteiger partial charge < -0.3 is 0 Å². The van der Waals surface area contributed by atoms with E-state index in [1.165, 1.54) is 16.7 Å². The minimum Gasteiger partial charge on any atom is -0.269 e. The summed E-state index contributed by atoms with van der Waals surface area (Å²) >= 11 is 7.62. The van der Waals surface area contributed by atoms with E-state index in [1.807, 2.05) is 80.6 Å². The summed E-state index contributed by atoms with van der Waals surface area (Å²) in [6.07, 6.45) is 0. The molecule has 0 unspecified atom stereocenters. The highest BCUT2D eigenvalue weighted by Crippen LogP contribution is 2.40. The van der Waals surface area contributed by atoms with Crippen LogP contribution in [-0.4, -0.2) is 16.7 Å². The van der Waals surface area contributed by atoms with E-state index in [0.717, 1.165) is 27.1 Å². The molecule has 0 spiro atoms. The summed E-state index contributed by atoms with van der Waals surface area (Å²) in [5.74, 6) is -0.580. The fourth-order valence-electron chi connectivity index (χ4n) is 3.35. The Hall–Kier alpha value is -2.82. The number of amides is 2. The maximum Gasteiger partial charge on any atom is 0.268 e. The number of hydrogen-bond acceptors (Lipinski definition) is 3. The van der Waals surface area contributed by atoms with Crippen LogP contribution in [0.15, 0.2) is 82.6 Å². The molecule has 0 aromatic heterocycles. The minimum absolute atomic E-state index is 0.143. The lowest BCUT2D eigenvalue weighted by atomic mass is 10.0. The van der Waals surface area contributed by atoms with Crippen LogP contribution < -0.4 is 0 Å². The largest absolute Gasteiger partial charge is 0.269 e. The van der Waals surface area contributed by atoms with Gasteiger partial charge in [-0.05, 0) is 54.3 Å². The normalized spacial score (nSPS) is 14.0. The summed E-state index contributed by atoms with van der Waals surface area (Å²) in [6.45, 7) is 4.18. The molecule has 0 N–H and O–H groups in total. The summed E-state index contributed by atoms with van der Waals surface area (Å²) < 4.78 is 0. The quantitative estimate of drug-likeness (QED) is 0.461. The number of imide groups is 1. The fraction of sp³-hybridized carbons (Fsp3) is 0.120. The van der Waals surface area contributed by atoms with E-state index < -0.39 is 0 Å². The summed E-state index contributed by atoms with van der Waals surface area (Å²) in [7, 11) is 0. The molecule has 0 aliphatic carbocycles. The summed E-state index contributed by atoms with van der Waals surface area (Å²) in [5, 5.41) is 0.537. The first-order chi connectivity index (χ1) is 14.5. The van der Waals surface area contributed by atoms with E-state index in [9.17, 15) is 9.59 Å². The predicted molar refractivity (Wildman–Crippen MR) is 122 cm³/mol. The fourth-order valence-corrected chi connectivity index (χ4v) is 4.58. The van der Waals surface area contributed by atoms with Gasteiger partial charge in [0.1, 0.15) is 0 Å². The van der Waals surface area contributed by atoms with Crippen LogP contribution in [0.1, 0.15) is 22.3 Å². The highest BCUT2D eigenvalue weighted by Gasteiger charge is 2.39. The molecule has 150 valence electrons. The van der Waals surface area contributed by atoms with Crippen molar-refractivity contribution in [1.82, 2.24) is 4.90 Å². The van der Waals surface area contributed by atoms with Crippen molar-refractivity contribution < 1.29 is 9.59 Å². The van der Waals surface area contributed by atoms with Crippen LogP contribution in [0, 0.1) is 13.8 Å². The molecule has 0 bridgehead atoms. The molecule has 1 heterocycles. The Kier molecular flexibility index (Phi) is 5.80. The van der Waals surface area contributed by atoms with Gasteiger partial charge in [-0.2, -0.15) is 0 Å². The van der Waals surface area contributed by atoms with Crippen LogP contribution in [0.3, 0.4) is 0 Å². The zero-order valence-corrected chi connectivity index (χ0v) is 18.3. The first-order valence-electron chi connectivity index (χ1n) is 9.60. The molecule has 1 aliphatic rings. The van der Waals surface area contributed by atoms with E-state index in [2.05, 4.69) is 0 Å². The van der Waals surface area contributed by atoms with Crippen LogP contribution in [0.25, 0.3) is 5.57 Å². The molecule has 0 saturated carbocycles. The van der Waals surface area contributed by atoms with Gasteiger partial charge in [0.05, 0.1) is 17.0 Å². The number of benzene rings is 3. The lowest BCUT2D eigenvalue weighted by molar-refractivity contribution is -0.137. The van der Waals surface area contributed by atoms with Gasteiger partial charge >= 0.3 is 0 Å². The molecule has 3 aromatic carbocycles. The third-order valence-corrected chi connectivity index (χ3v) is 6.63. The highest BCUT2D eigenvalue weighted by atomic mass is 35.5. The smallest absolute Gasteiger partial charge is 0.268 e. The van der Waals surface area contributed by atoms with Crippen molar-refractivity contribution in [2.75, 3.05) is 0 Å². The van der Waals surface area contributed by atoms with Gasteiger partial charge in [0.25, 0.3) is 11.8 Å². The molecule has 0 radical (unpaired) electrons. The van der Waals surface area contributed by atoms with Gasteiger partial charge in [0, 0.05) is 9.92 Å². The molecular weight excluding hydrogens is 414 g/mol. The molecule has 0 fully saturated rings. The molecule has 4 rings (SSSR count). The Balaban J connectivity index is 1.77. The summed E-state index contributed by atoms with van der Waals surface area (Å²) in [4.78, 5) is 29.4. The predicted octanol–water partition coefficient (Wildman–Crippen LogP) is 6.03. The van der Waals surface area contributed by atoms with Crippen molar-refractivity contribution in [3.8, 4) is 0 Å². The second-order valence-electron chi connectivity index (χ2n) is 7.21. The number of halogens is 1. The van der Waals surface area contributed by atoms with Crippen LogP contribution >= 0.6 is 23.4 Å². The molecule has 2 amide bonds. The molecular formula is C25H20ClNO2S.